The molecule has 0 saturated carbocycles. The maximum atomic E-state index is 6.04. The van der Waals surface area contributed by atoms with Gasteiger partial charge >= 0.3 is 0 Å². The minimum absolute atomic E-state index is 0.649. The topological polar surface area (TPSA) is 82.9 Å². The van der Waals surface area contributed by atoms with E-state index >= 15 is 0 Å². The van der Waals surface area contributed by atoms with Gasteiger partial charge in [-0.3, -0.25) is 5.10 Å². The van der Waals surface area contributed by atoms with E-state index in [1.165, 1.54) is 30.4 Å². The number of hydrogen-bond acceptors (Lipinski definition) is 5. The van der Waals surface area contributed by atoms with E-state index in [2.05, 4.69) is 20.4 Å². The molecule has 4 heterocycles. The summed E-state index contributed by atoms with van der Waals surface area (Å²) in [5, 5.41) is 11.6. The van der Waals surface area contributed by atoms with Crippen LogP contribution >= 0.6 is 0 Å². The number of nitrogens with one attached hydrogen (secondary N) is 2. The van der Waals surface area contributed by atoms with Gasteiger partial charge in [-0.05, 0) is 37.8 Å². The first-order valence-corrected chi connectivity index (χ1v) is 7.45. The zero-order valence-corrected chi connectivity index (χ0v) is 11.6. The first-order chi connectivity index (χ1) is 9.84. The van der Waals surface area contributed by atoms with Gasteiger partial charge in [0.1, 0.15) is 11.6 Å². The summed E-state index contributed by atoms with van der Waals surface area (Å²) in [5.74, 6) is 1.77. The fraction of sp³-hybridized carbons (Fsp3) is 0.571. The van der Waals surface area contributed by atoms with Crippen LogP contribution in [0.2, 0.25) is 0 Å². The Morgan fingerprint density at radius 3 is 2.80 bits per heavy atom. The van der Waals surface area contributed by atoms with Crippen molar-refractivity contribution in [2.75, 3.05) is 30.3 Å². The van der Waals surface area contributed by atoms with E-state index in [-0.39, 0.29) is 0 Å². The molecule has 4 rings (SSSR count). The summed E-state index contributed by atoms with van der Waals surface area (Å²) in [6.45, 7) is 4.08. The summed E-state index contributed by atoms with van der Waals surface area (Å²) in [6.07, 6.45) is 4.84. The minimum Gasteiger partial charge on any atom is -0.384 e. The lowest BCUT2D eigenvalue weighted by atomic mass is 9.97. The van der Waals surface area contributed by atoms with Gasteiger partial charge in [0, 0.05) is 25.2 Å². The molecule has 1 fully saturated rings. The molecular formula is C14H20N6. The van der Waals surface area contributed by atoms with Crippen LogP contribution in [-0.2, 0) is 13.0 Å². The Bertz CT molecular complexity index is 641. The Morgan fingerprint density at radius 2 is 1.95 bits per heavy atom. The van der Waals surface area contributed by atoms with Crippen LogP contribution in [-0.4, -0.2) is 34.8 Å². The molecule has 106 valence electrons. The number of fused-ring (bicyclic) bond motifs is 3. The summed E-state index contributed by atoms with van der Waals surface area (Å²) in [6, 6.07) is 0. The number of nitrogens with zero attached hydrogens (tertiary/aromatic N) is 3. The fourth-order valence-corrected chi connectivity index (χ4v) is 3.43. The third-order valence-corrected chi connectivity index (χ3v) is 4.43. The highest BCUT2D eigenvalue weighted by Gasteiger charge is 2.24. The molecule has 0 amide bonds. The summed E-state index contributed by atoms with van der Waals surface area (Å²) < 4.78 is 0. The van der Waals surface area contributed by atoms with Crippen LogP contribution < -0.4 is 16.0 Å². The first kappa shape index (κ1) is 12.0. The molecule has 2 aliphatic heterocycles. The first-order valence-electron chi connectivity index (χ1n) is 7.45. The quantitative estimate of drug-likeness (QED) is 0.726. The number of piperidine rings is 1. The molecule has 0 aliphatic carbocycles. The van der Waals surface area contributed by atoms with E-state index < -0.39 is 0 Å². The molecule has 0 radical (unpaired) electrons. The molecule has 2 aliphatic rings. The molecule has 0 atom stereocenters. The number of hydrogen-bond donors (Lipinski definition) is 3. The Labute approximate surface area is 117 Å². The number of aromatic amines is 1. The molecule has 2 aromatic heterocycles. The molecule has 6 nitrogen and oxygen atoms in total. The number of nitrogen functional groups attached to an aromatic ring is 1. The van der Waals surface area contributed by atoms with Crippen molar-refractivity contribution in [2.45, 2.75) is 32.2 Å². The fourth-order valence-electron chi connectivity index (χ4n) is 3.43. The van der Waals surface area contributed by atoms with Gasteiger partial charge in [-0.15, -0.1) is 0 Å². The van der Waals surface area contributed by atoms with Crippen LogP contribution in [0.25, 0.3) is 11.0 Å². The number of aromatic nitrogens is 3. The van der Waals surface area contributed by atoms with Crippen LogP contribution in [0.1, 0.15) is 30.4 Å². The molecule has 6 heteroatoms. The van der Waals surface area contributed by atoms with Crippen LogP contribution in [0.5, 0.6) is 0 Å². The Kier molecular flexibility index (Phi) is 2.77. The average molecular weight is 272 g/mol. The van der Waals surface area contributed by atoms with Crippen molar-refractivity contribution < 1.29 is 0 Å². The smallest absolute Gasteiger partial charge is 0.185 e. The standard InChI is InChI=1S/C14H20N6/c15-12-11-9-4-5-16-8-10(9)14(17-13(11)19-18-12)20-6-2-1-3-7-20/h16H,1-8H2,(H3,15,17,18,19). The monoisotopic (exact) mass is 272 g/mol. The summed E-state index contributed by atoms with van der Waals surface area (Å²) in [7, 11) is 0. The maximum absolute atomic E-state index is 6.04. The van der Waals surface area contributed by atoms with Crippen molar-refractivity contribution in [1.29, 1.82) is 0 Å². The van der Waals surface area contributed by atoms with E-state index in [0.717, 1.165) is 49.5 Å². The second-order valence-electron chi connectivity index (χ2n) is 5.70. The molecular weight excluding hydrogens is 252 g/mol. The third kappa shape index (κ3) is 1.75. The van der Waals surface area contributed by atoms with E-state index in [4.69, 9.17) is 10.7 Å². The average Bonchev–Trinajstić information content (AvgIpc) is 2.89. The van der Waals surface area contributed by atoms with E-state index in [1.807, 2.05) is 0 Å². The highest BCUT2D eigenvalue weighted by Crippen LogP contribution is 2.33. The Morgan fingerprint density at radius 1 is 1.10 bits per heavy atom. The van der Waals surface area contributed by atoms with Crippen LogP contribution in [0, 0.1) is 0 Å². The molecule has 2 aromatic rings. The predicted molar refractivity (Wildman–Crippen MR) is 79.8 cm³/mol. The van der Waals surface area contributed by atoms with Crippen molar-refractivity contribution in [1.82, 2.24) is 20.5 Å². The molecule has 0 aromatic carbocycles. The lowest BCUT2D eigenvalue weighted by Gasteiger charge is -2.31. The van der Waals surface area contributed by atoms with Gasteiger partial charge in [-0.2, -0.15) is 5.10 Å². The van der Waals surface area contributed by atoms with Gasteiger partial charge in [0.25, 0.3) is 0 Å². The van der Waals surface area contributed by atoms with Gasteiger partial charge in [0.15, 0.2) is 5.65 Å². The molecule has 1 saturated heterocycles. The highest BCUT2D eigenvalue weighted by molar-refractivity contribution is 5.92. The molecule has 20 heavy (non-hydrogen) atoms. The summed E-state index contributed by atoms with van der Waals surface area (Å²) >= 11 is 0. The molecule has 4 N–H and O–H groups in total. The second-order valence-corrected chi connectivity index (χ2v) is 5.70. The zero-order valence-electron chi connectivity index (χ0n) is 11.6. The lowest BCUT2D eigenvalue weighted by molar-refractivity contribution is 0.566. The number of pyridine rings is 1. The van der Waals surface area contributed by atoms with Crippen molar-refractivity contribution in [3.05, 3.63) is 11.1 Å². The number of nitrogens with two attached hydrogens (primary N) is 1. The molecule has 0 bridgehead atoms. The Balaban J connectivity index is 1.91. The maximum Gasteiger partial charge on any atom is 0.185 e. The van der Waals surface area contributed by atoms with Gasteiger partial charge in [0.05, 0.1) is 5.39 Å². The largest absolute Gasteiger partial charge is 0.384 e. The van der Waals surface area contributed by atoms with Crippen LogP contribution in [0.3, 0.4) is 0 Å². The van der Waals surface area contributed by atoms with Crippen LogP contribution in [0.15, 0.2) is 0 Å². The van der Waals surface area contributed by atoms with Crippen molar-refractivity contribution in [3.63, 3.8) is 0 Å². The van der Waals surface area contributed by atoms with Gasteiger partial charge in [0.2, 0.25) is 0 Å². The normalized spacial score (nSPS) is 19.3. The summed E-state index contributed by atoms with van der Waals surface area (Å²) in [4.78, 5) is 7.21. The predicted octanol–water partition coefficient (Wildman–Crippen LogP) is 1.18. The highest BCUT2D eigenvalue weighted by atomic mass is 15.2. The van der Waals surface area contributed by atoms with Gasteiger partial charge in [-0.1, -0.05) is 0 Å². The second kappa shape index (κ2) is 4.63. The Hall–Kier alpha value is -1.82. The number of rotatable bonds is 1. The van der Waals surface area contributed by atoms with Crippen LogP contribution in [0.4, 0.5) is 11.6 Å². The van der Waals surface area contributed by atoms with Crippen molar-refractivity contribution >= 4 is 22.7 Å². The number of anilines is 2. The zero-order chi connectivity index (χ0) is 13.5. The van der Waals surface area contributed by atoms with E-state index in [1.54, 1.807) is 0 Å². The minimum atomic E-state index is 0.649. The number of H-pyrrole nitrogens is 1. The SMILES string of the molecule is Nc1[nH]nc2nc(N3CCCCC3)c3c(c12)CCNC3. The molecule has 0 spiro atoms. The van der Waals surface area contributed by atoms with Crippen molar-refractivity contribution in [2.24, 2.45) is 0 Å². The van der Waals surface area contributed by atoms with E-state index in [9.17, 15) is 0 Å². The van der Waals surface area contributed by atoms with Crippen molar-refractivity contribution in [3.8, 4) is 0 Å². The third-order valence-electron chi connectivity index (χ3n) is 4.43. The molecule has 0 unspecified atom stereocenters. The summed E-state index contributed by atoms with van der Waals surface area (Å²) in [5.41, 5.74) is 9.46. The van der Waals surface area contributed by atoms with Gasteiger partial charge in [-0.25, -0.2) is 4.98 Å². The lowest BCUT2D eigenvalue weighted by Crippen LogP contribution is -2.34. The van der Waals surface area contributed by atoms with Gasteiger partial charge < -0.3 is 16.0 Å². The van der Waals surface area contributed by atoms with E-state index in [0.29, 0.717) is 5.82 Å².